The number of nitrogens with one attached hydrogen (secondary N) is 1. The molecule has 0 saturated heterocycles. The third-order valence-corrected chi connectivity index (χ3v) is 3.24. The summed E-state index contributed by atoms with van der Waals surface area (Å²) in [5.41, 5.74) is 0.709. The molecule has 0 fully saturated rings. The summed E-state index contributed by atoms with van der Waals surface area (Å²) in [7, 11) is 1.63. The molecule has 0 aliphatic heterocycles. The Balaban J connectivity index is 2.04. The Morgan fingerprint density at radius 1 is 1.19 bits per heavy atom. The summed E-state index contributed by atoms with van der Waals surface area (Å²) < 4.78 is 10.9. The standard InChI is InChI=1S/C16H19ClN2O2/c1-3-9-18-16-8-7-14(17)15(19-16)11-21-13-6-4-5-12(10-13)20-2/h4-8,10H,3,9,11H2,1-2H3,(H,18,19). The highest BCUT2D eigenvalue weighted by molar-refractivity contribution is 6.31. The van der Waals surface area contributed by atoms with E-state index < -0.39 is 0 Å². The number of benzene rings is 1. The van der Waals surface area contributed by atoms with Gasteiger partial charge in [0, 0.05) is 12.6 Å². The highest BCUT2D eigenvalue weighted by atomic mass is 35.5. The number of anilines is 1. The SMILES string of the molecule is CCCNc1ccc(Cl)c(COc2cccc(OC)c2)n1. The van der Waals surface area contributed by atoms with Crippen molar-refractivity contribution in [1.29, 1.82) is 0 Å². The Morgan fingerprint density at radius 3 is 2.76 bits per heavy atom. The molecule has 0 atom stereocenters. The lowest BCUT2D eigenvalue weighted by molar-refractivity contribution is 0.299. The van der Waals surface area contributed by atoms with E-state index in [1.165, 1.54) is 0 Å². The van der Waals surface area contributed by atoms with Crippen LogP contribution in [0.5, 0.6) is 11.5 Å². The molecule has 0 spiro atoms. The van der Waals surface area contributed by atoms with E-state index in [4.69, 9.17) is 21.1 Å². The van der Waals surface area contributed by atoms with Crippen molar-refractivity contribution in [3.63, 3.8) is 0 Å². The smallest absolute Gasteiger partial charge is 0.132 e. The summed E-state index contributed by atoms with van der Waals surface area (Å²) >= 11 is 6.16. The fourth-order valence-corrected chi connectivity index (χ4v) is 1.94. The summed E-state index contributed by atoms with van der Waals surface area (Å²) in [5.74, 6) is 2.29. The molecule has 0 aliphatic rings. The number of methoxy groups -OCH3 is 1. The molecule has 21 heavy (non-hydrogen) atoms. The van der Waals surface area contributed by atoms with Gasteiger partial charge in [0.2, 0.25) is 0 Å². The van der Waals surface area contributed by atoms with Gasteiger partial charge in [-0.25, -0.2) is 4.98 Å². The minimum absolute atomic E-state index is 0.313. The van der Waals surface area contributed by atoms with Crippen molar-refractivity contribution in [3.8, 4) is 11.5 Å². The molecule has 4 nitrogen and oxygen atoms in total. The van der Waals surface area contributed by atoms with Crippen LogP contribution in [-0.4, -0.2) is 18.6 Å². The van der Waals surface area contributed by atoms with E-state index in [1.807, 2.05) is 36.4 Å². The molecule has 0 unspecified atom stereocenters. The molecule has 2 aromatic rings. The van der Waals surface area contributed by atoms with E-state index in [0.717, 1.165) is 30.3 Å². The van der Waals surface area contributed by atoms with Crippen molar-refractivity contribution in [2.75, 3.05) is 19.0 Å². The predicted octanol–water partition coefficient (Wildman–Crippen LogP) is 4.14. The van der Waals surface area contributed by atoms with Crippen LogP contribution < -0.4 is 14.8 Å². The molecule has 2 rings (SSSR count). The van der Waals surface area contributed by atoms with Crippen LogP contribution in [0.25, 0.3) is 0 Å². The molecule has 0 saturated carbocycles. The number of pyridine rings is 1. The fraction of sp³-hybridized carbons (Fsp3) is 0.312. The van der Waals surface area contributed by atoms with Crippen LogP contribution in [0.4, 0.5) is 5.82 Å². The Hall–Kier alpha value is -1.94. The van der Waals surface area contributed by atoms with Crippen molar-refractivity contribution in [1.82, 2.24) is 4.98 Å². The first-order valence-corrected chi connectivity index (χ1v) is 7.27. The molecule has 0 amide bonds. The normalized spacial score (nSPS) is 10.2. The molecular formula is C16H19ClN2O2. The predicted molar refractivity (Wildman–Crippen MR) is 85.4 cm³/mol. The summed E-state index contributed by atoms with van der Waals surface area (Å²) in [6.45, 7) is 3.30. The van der Waals surface area contributed by atoms with Gasteiger partial charge in [-0.15, -0.1) is 0 Å². The third-order valence-electron chi connectivity index (χ3n) is 2.89. The molecule has 1 aromatic heterocycles. The number of ether oxygens (including phenoxy) is 2. The van der Waals surface area contributed by atoms with Gasteiger partial charge >= 0.3 is 0 Å². The van der Waals surface area contributed by atoms with Crippen LogP contribution in [0.15, 0.2) is 36.4 Å². The van der Waals surface area contributed by atoms with Gasteiger partial charge in [-0.3, -0.25) is 0 Å². The van der Waals surface area contributed by atoms with E-state index in [0.29, 0.717) is 17.3 Å². The van der Waals surface area contributed by atoms with Crippen LogP contribution in [0.3, 0.4) is 0 Å². The number of rotatable bonds is 7. The van der Waals surface area contributed by atoms with Crippen LogP contribution in [0.2, 0.25) is 5.02 Å². The topological polar surface area (TPSA) is 43.4 Å². The first-order chi connectivity index (χ1) is 10.2. The molecule has 1 aromatic carbocycles. The molecule has 112 valence electrons. The van der Waals surface area contributed by atoms with Gasteiger partial charge in [-0.2, -0.15) is 0 Å². The minimum Gasteiger partial charge on any atom is -0.497 e. The second kappa shape index (κ2) is 7.74. The Morgan fingerprint density at radius 2 is 2.00 bits per heavy atom. The lowest BCUT2D eigenvalue weighted by atomic mass is 10.3. The highest BCUT2D eigenvalue weighted by Crippen LogP contribution is 2.22. The van der Waals surface area contributed by atoms with Gasteiger partial charge in [-0.05, 0) is 30.7 Å². The first-order valence-electron chi connectivity index (χ1n) is 6.89. The van der Waals surface area contributed by atoms with Crippen LogP contribution >= 0.6 is 11.6 Å². The van der Waals surface area contributed by atoms with Gasteiger partial charge in [0.25, 0.3) is 0 Å². The molecule has 5 heteroatoms. The summed E-state index contributed by atoms with van der Waals surface area (Å²) in [4.78, 5) is 4.47. The molecule has 1 N–H and O–H groups in total. The number of hydrogen-bond donors (Lipinski definition) is 1. The molecule has 0 radical (unpaired) electrons. The second-order valence-corrected chi connectivity index (χ2v) is 4.93. The average Bonchev–Trinajstić information content (AvgIpc) is 2.53. The lowest BCUT2D eigenvalue weighted by Crippen LogP contribution is -2.05. The van der Waals surface area contributed by atoms with Gasteiger partial charge in [0.15, 0.2) is 0 Å². The number of hydrogen-bond acceptors (Lipinski definition) is 4. The summed E-state index contributed by atoms with van der Waals surface area (Å²) in [5, 5.41) is 3.83. The van der Waals surface area contributed by atoms with E-state index in [1.54, 1.807) is 7.11 Å². The van der Waals surface area contributed by atoms with E-state index in [-0.39, 0.29) is 0 Å². The molecule has 0 bridgehead atoms. The van der Waals surface area contributed by atoms with Gasteiger partial charge in [0.1, 0.15) is 23.9 Å². The van der Waals surface area contributed by atoms with E-state index in [9.17, 15) is 0 Å². The zero-order valence-electron chi connectivity index (χ0n) is 12.2. The number of halogens is 1. The van der Waals surface area contributed by atoms with Crippen LogP contribution in [0.1, 0.15) is 19.0 Å². The van der Waals surface area contributed by atoms with Crippen molar-refractivity contribution in [3.05, 3.63) is 47.1 Å². The van der Waals surface area contributed by atoms with Gasteiger partial charge in [-0.1, -0.05) is 24.6 Å². The van der Waals surface area contributed by atoms with E-state index in [2.05, 4.69) is 17.2 Å². The van der Waals surface area contributed by atoms with Gasteiger partial charge < -0.3 is 14.8 Å². The molecule has 0 aliphatic carbocycles. The quantitative estimate of drug-likeness (QED) is 0.834. The van der Waals surface area contributed by atoms with E-state index >= 15 is 0 Å². The highest BCUT2D eigenvalue weighted by Gasteiger charge is 2.06. The van der Waals surface area contributed by atoms with Crippen molar-refractivity contribution in [2.24, 2.45) is 0 Å². The Labute approximate surface area is 130 Å². The maximum Gasteiger partial charge on any atom is 0.132 e. The monoisotopic (exact) mass is 306 g/mol. The maximum atomic E-state index is 6.16. The second-order valence-electron chi connectivity index (χ2n) is 4.52. The van der Waals surface area contributed by atoms with Crippen molar-refractivity contribution in [2.45, 2.75) is 20.0 Å². The van der Waals surface area contributed by atoms with Crippen LogP contribution in [0, 0.1) is 0 Å². The fourth-order valence-electron chi connectivity index (χ4n) is 1.78. The number of nitrogens with zero attached hydrogens (tertiary/aromatic N) is 1. The minimum atomic E-state index is 0.313. The first kappa shape index (κ1) is 15.4. The lowest BCUT2D eigenvalue weighted by Gasteiger charge is -2.10. The van der Waals surface area contributed by atoms with Crippen molar-refractivity contribution < 1.29 is 9.47 Å². The Kier molecular flexibility index (Phi) is 5.69. The zero-order chi connectivity index (χ0) is 15.1. The zero-order valence-corrected chi connectivity index (χ0v) is 13.0. The van der Waals surface area contributed by atoms with Crippen molar-refractivity contribution >= 4 is 17.4 Å². The maximum absolute atomic E-state index is 6.16. The largest absolute Gasteiger partial charge is 0.497 e. The summed E-state index contributed by atoms with van der Waals surface area (Å²) in [6.07, 6.45) is 1.04. The number of aromatic nitrogens is 1. The Bertz CT molecular complexity index is 590. The van der Waals surface area contributed by atoms with Crippen LogP contribution in [-0.2, 0) is 6.61 Å². The summed E-state index contributed by atoms with van der Waals surface area (Å²) in [6, 6.07) is 11.1. The molecule has 1 heterocycles. The molecular weight excluding hydrogens is 288 g/mol. The third kappa shape index (κ3) is 4.53. The average molecular weight is 307 g/mol. The van der Waals surface area contributed by atoms with Gasteiger partial charge in [0.05, 0.1) is 17.8 Å².